The van der Waals surface area contributed by atoms with Gasteiger partial charge in [0.15, 0.2) is 5.78 Å². The second kappa shape index (κ2) is 13.0. The third kappa shape index (κ3) is 6.29. The van der Waals surface area contributed by atoms with Gasteiger partial charge in [0.1, 0.15) is 24.4 Å². The average molecular weight is 543 g/mol. The zero-order valence-electron chi connectivity index (χ0n) is 19.6. The predicted octanol–water partition coefficient (Wildman–Crippen LogP) is 3.71. The van der Waals surface area contributed by atoms with Gasteiger partial charge >= 0.3 is 0 Å². The van der Waals surface area contributed by atoms with Crippen LogP contribution in [0.5, 0.6) is 5.75 Å². The minimum absolute atomic E-state index is 0. The van der Waals surface area contributed by atoms with Gasteiger partial charge in [-0.25, -0.2) is 0 Å². The molecule has 2 fully saturated rings. The summed E-state index contributed by atoms with van der Waals surface area (Å²) in [5, 5.41) is 14.3. The summed E-state index contributed by atoms with van der Waals surface area (Å²) in [7, 11) is 0. The SMILES string of the molecule is C.O=C(N[C@@H](Cc1ccc(O)cc1)C(=O)N1CCC[C@H]2OCC(=O)[C@H]21)c1cccc2ccccc12.S.S. The number of nitrogens with zero attached hydrogens (tertiary/aromatic N) is 1. The van der Waals surface area contributed by atoms with Crippen LogP contribution in [-0.2, 0) is 20.7 Å². The van der Waals surface area contributed by atoms with Crippen molar-refractivity contribution in [1.82, 2.24) is 10.2 Å². The van der Waals surface area contributed by atoms with Crippen molar-refractivity contribution in [2.75, 3.05) is 13.2 Å². The van der Waals surface area contributed by atoms with Crippen LogP contribution in [0.15, 0.2) is 66.7 Å². The highest BCUT2D eigenvalue weighted by atomic mass is 32.1. The van der Waals surface area contributed by atoms with E-state index in [1.807, 2.05) is 36.4 Å². The molecule has 0 aromatic heterocycles. The van der Waals surface area contributed by atoms with E-state index in [1.54, 1.807) is 35.2 Å². The molecule has 0 aliphatic carbocycles. The van der Waals surface area contributed by atoms with E-state index in [2.05, 4.69) is 5.32 Å². The van der Waals surface area contributed by atoms with Crippen LogP contribution in [0, 0.1) is 0 Å². The number of benzene rings is 3. The number of aromatic hydroxyl groups is 1. The number of hydrogen-bond acceptors (Lipinski definition) is 5. The lowest BCUT2D eigenvalue weighted by Gasteiger charge is -2.37. The van der Waals surface area contributed by atoms with Crippen molar-refractivity contribution in [1.29, 1.82) is 0 Å². The largest absolute Gasteiger partial charge is 0.508 e. The average Bonchev–Trinajstić information content (AvgIpc) is 3.25. The number of hydrogen-bond donors (Lipinski definition) is 2. The molecule has 7 nitrogen and oxygen atoms in total. The molecule has 2 heterocycles. The Morgan fingerprint density at radius 2 is 1.73 bits per heavy atom. The van der Waals surface area contributed by atoms with E-state index in [0.717, 1.165) is 29.2 Å². The van der Waals surface area contributed by atoms with E-state index < -0.39 is 12.1 Å². The summed E-state index contributed by atoms with van der Waals surface area (Å²) in [5.74, 6) is -0.618. The first-order chi connectivity index (χ1) is 16.5. The van der Waals surface area contributed by atoms with Gasteiger partial charge in [-0.15, -0.1) is 0 Å². The van der Waals surface area contributed by atoms with Crippen molar-refractivity contribution in [2.45, 2.75) is 44.9 Å². The Hall–Kier alpha value is -3.01. The van der Waals surface area contributed by atoms with Gasteiger partial charge in [0, 0.05) is 18.5 Å². The third-order valence-electron chi connectivity index (χ3n) is 6.64. The van der Waals surface area contributed by atoms with Crippen molar-refractivity contribution in [3.63, 3.8) is 0 Å². The molecule has 3 atom stereocenters. The molecular weight excluding hydrogens is 508 g/mol. The zero-order chi connectivity index (χ0) is 23.7. The van der Waals surface area contributed by atoms with Crippen molar-refractivity contribution in [2.24, 2.45) is 0 Å². The Morgan fingerprint density at radius 3 is 2.49 bits per heavy atom. The molecule has 9 heteroatoms. The molecule has 0 saturated carbocycles. The van der Waals surface area contributed by atoms with Crippen LogP contribution in [0.2, 0.25) is 0 Å². The van der Waals surface area contributed by atoms with Crippen LogP contribution in [0.4, 0.5) is 0 Å². The van der Waals surface area contributed by atoms with Crippen LogP contribution in [0.3, 0.4) is 0 Å². The maximum Gasteiger partial charge on any atom is 0.252 e. The van der Waals surface area contributed by atoms with Gasteiger partial charge in [0.2, 0.25) is 5.91 Å². The Labute approximate surface area is 231 Å². The Kier molecular flexibility index (Phi) is 10.6. The molecule has 2 aliphatic rings. The summed E-state index contributed by atoms with van der Waals surface area (Å²) in [4.78, 5) is 41.2. The smallest absolute Gasteiger partial charge is 0.252 e. The minimum Gasteiger partial charge on any atom is -0.508 e. The number of carbonyl (C=O) groups excluding carboxylic acids is 3. The van der Waals surface area contributed by atoms with E-state index in [4.69, 9.17) is 4.74 Å². The quantitative estimate of drug-likeness (QED) is 0.513. The molecule has 2 N–H and O–H groups in total. The highest BCUT2D eigenvalue weighted by Gasteiger charge is 2.45. The third-order valence-corrected chi connectivity index (χ3v) is 6.64. The van der Waals surface area contributed by atoms with Crippen LogP contribution in [-0.4, -0.2) is 58.9 Å². The molecule has 3 aromatic carbocycles. The molecule has 0 radical (unpaired) electrons. The number of Topliss-reactive ketones (excluding diaryl/α,β-unsaturated/α-hetero) is 1. The van der Waals surface area contributed by atoms with E-state index in [0.29, 0.717) is 12.1 Å². The summed E-state index contributed by atoms with van der Waals surface area (Å²) in [6.45, 7) is 0.468. The van der Waals surface area contributed by atoms with Crippen molar-refractivity contribution in [3.05, 3.63) is 77.9 Å². The van der Waals surface area contributed by atoms with Crippen LogP contribution in [0.25, 0.3) is 10.8 Å². The number of ketones is 1. The zero-order valence-corrected chi connectivity index (χ0v) is 21.6. The van der Waals surface area contributed by atoms with E-state index in [-0.39, 0.29) is 76.9 Å². The second-order valence-corrected chi connectivity index (χ2v) is 8.86. The van der Waals surface area contributed by atoms with Crippen LogP contribution in [0.1, 0.15) is 36.2 Å². The number of carbonyl (C=O) groups is 3. The predicted molar refractivity (Wildman–Crippen MR) is 154 cm³/mol. The van der Waals surface area contributed by atoms with Gasteiger partial charge in [0.25, 0.3) is 5.91 Å². The lowest BCUT2D eigenvalue weighted by molar-refractivity contribution is -0.142. The fraction of sp³-hybridized carbons (Fsp3) is 0.321. The fourth-order valence-corrected chi connectivity index (χ4v) is 4.97. The molecule has 0 unspecified atom stereocenters. The number of likely N-dealkylation sites (tertiary alicyclic amines) is 1. The first-order valence-electron chi connectivity index (χ1n) is 11.5. The topological polar surface area (TPSA) is 95.9 Å². The first-order valence-corrected chi connectivity index (χ1v) is 11.5. The number of phenolic OH excluding ortho intramolecular Hbond substituents is 1. The van der Waals surface area contributed by atoms with E-state index >= 15 is 0 Å². The Bertz CT molecular complexity index is 1250. The highest BCUT2D eigenvalue weighted by molar-refractivity contribution is 7.59. The maximum atomic E-state index is 13.7. The summed E-state index contributed by atoms with van der Waals surface area (Å²) < 4.78 is 5.60. The maximum absolute atomic E-state index is 13.7. The normalized spacial score (nSPS) is 19.0. The number of piperidine rings is 1. The molecule has 198 valence electrons. The van der Waals surface area contributed by atoms with Gasteiger partial charge in [-0.1, -0.05) is 56.0 Å². The lowest BCUT2D eigenvalue weighted by Crippen LogP contribution is -2.58. The van der Waals surface area contributed by atoms with Gasteiger partial charge in [-0.3, -0.25) is 14.4 Å². The van der Waals surface area contributed by atoms with Gasteiger partial charge in [0.05, 0.1) is 6.10 Å². The lowest BCUT2D eigenvalue weighted by atomic mass is 9.95. The molecule has 0 bridgehead atoms. The Balaban J connectivity index is 0.00000160. The first kappa shape index (κ1) is 30.2. The number of fused-ring (bicyclic) bond motifs is 2. The molecule has 3 aromatic rings. The van der Waals surface area contributed by atoms with Crippen LogP contribution >= 0.6 is 27.0 Å². The number of ether oxygens (including phenoxy) is 1. The van der Waals surface area contributed by atoms with Gasteiger partial charge < -0.3 is 20.1 Å². The summed E-state index contributed by atoms with van der Waals surface area (Å²) in [6.07, 6.45) is 1.43. The van der Waals surface area contributed by atoms with Crippen molar-refractivity contribution < 1.29 is 24.2 Å². The summed E-state index contributed by atoms with van der Waals surface area (Å²) >= 11 is 0. The number of phenols is 1. The molecule has 2 aliphatic heterocycles. The number of rotatable bonds is 5. The fourth-order valence-electron chi connectivity index (χ4n) is 4.97. The second-order valence-electron chi connectivity index (χ2n) is 8.86. The molecule has 5 rings (SSSR count). The molecule has 37 heavy (non-hydrogen) atoms. The van der Waals surface area contributed by atoms with Gasteiger partial charge in [-0.2, -0.15) is 27.0 Å². The highest BCUT2D eigenvalue weighted by Crippen LogP contribution is 2.27. The van der Waals surface area contributed by atoms with Crippen molar-refractivity contribution >= 4 is 55.4 Å². The standard InChI is InChI=1S/C27H26N2O5.CH4.2H2S/c30-19-12-10-17(11-13-19)15-22(27(33)29-14-4-9-24-25(29)23(31)16-34-24)28-26(32)21-8-3-6-18-5-1-2-7-20(18)21;;;/h1-3,5-8,10-13,22,24-25,30H,4,9,14-16H2,(H,28,32);1H4;2*1H2/t22-,24+,25+;;;/m0.../s1. The van der Waals surface area contributed by atoms with Crippen molar-refractivity contribution in [3.8, 4) is 5.75 Å². The Morgan fingerprint density at radius 1 is 1.03 bits per heavy atom. The summed E-state index contributed by atoms with van der Waals surface area (Å²) in [5.41, 5.74) is 1.27. The number of nitrogens with one attached hydrogen (secondary N) is 1. The summed E-state index contributed by atoms with van der Waals surface area (Å²) in [6, 6.07) is 18.2. The van der Waals surface area contributed by atoms with Gasteiger partial charge in [-0.05, 0) is 47.4 Å². The van der Waals surface area contributed by atoms with E-state index in [9.17, 15) is 19.5 Å². The van der Waals surface area contributed by atoms with Crippen LogP contribution < -0.4 is 5.32 Å². The molecule has 2 amide bonds. The molecule has 0 spiro atoms. The minimum atomic E-state index is -0.872. The monoisotopic (exact) mass is 542 g/mol. The number of amides is 2. The molecule has 2 saturated heterocycles. The van der Waals surface area contributed by atoms with E-state index in [1.165, 1.54) is 0 Å². The molecular formula is C28H34N2O5S2.